The lowest BCUT2D eigenvalue weighted by molar-refractivity contribution is 0.298. The Kier molecular flexibility index (Phi) is 4.71. The van der Waals surface area contributed by atoms with E-state index >= 15 is 0 Å². The Labute approximate surface area is 127 Å². The molecule has 0 saturated heterocycles. The molecule has 21 heavy (non-hydrogen) atoms. The Hall–Kier alpha value is -1.77. The fraction of sp³-hybridized carbons (Fsp3) is 0.500. The van der Waals surface area contributed by atoms with E-state index in [4.69, 9.17) is 4.74 Å². The zero-order valence-corrected chi connectivity index (χ0v) is 13.8. The second kappa shape index (κ2) is 6.33. The largest absolute Gasteiger partial charge is 0.487 e. The molecule has 0 bridgehead atoms. The summed E-state index contributed by atoms with van der Waals surface area (Å²) >= 11 is 0. The van der Waals surface area contributed by atoms with Gasteiger partial charge in [0.05, 0.1) is 5.69 Å². The normalized spacial score (nSPS) is 13.2. The zero-order chi connectivity index (χ0) is 15.5. The van der Waals surface area contributed by atoms with Crippen molar-refractivity contribution >= 4 is 0 Å². The highest BCUT2D eigenvalue weighted by Gasteiger charge is 2.13. The smallest absolute Gasteiger partial charge is 0.132 e. The van der Waals surface area contributed by atoms with Gasteiger partial charge in [-0.15, -0.1) is 0 Å². The quantitative estimate of drug-likeness (QED) is 0.794. The second-order valence-electron chi connectivity index (χ2n) is 6.61. The van der Waals surface area contributed by atoms with E-state index in [2.05, 4.69) is 51.9 Å². The predicted molar refractivity (Wildman–Crippen MR) is 86.7 cm³/mol. The molecule has 114 valence electrons. The molecule has 3 heteroatoms. The highest BCUT2D eigenvalue weighted by molar-refractivity contribution is 5.31. The molecule has 1 heterocycles. The van der Waals surface area contributed by atoms with E-state index in [1.54, 1.807) is 0 Å². The summed E-state index contributed by atoms with van der Waals surface area (Å²) < 4.78 is 7.81. The van der Waals surface area contributed by atoms with Gasteiger partial charge >= 0.3 is 0 Å². The maximum atomic E-state index is 5.81. The molecule has 0 radical (unpaired) electrons. The predicted octanol–water partition coefficient (Wildman–Crippen LogP) is 4.73. The average molecular weight is 286 g/mol. The van der Waals surface area contributed by atoms with Crippen LogP contribution in [0.1, 0.15) is 58.3 Å². The maximum absolute atomic E-state index is 5.81. The summed E-state index contributed by atoms with van der Waals surface area (Å²) in [6.45, 7) is 11.5. The van der Waals surface area contributed by atoms with Crippen LogP contribution in [0.5, 0.6) is 5.75 Å². The van der Waals surface area contributed by atoms with E-state index in [-0.39, 0.29) is 5.41 Å². The molecule has 1 aromatic carbocycles. The van der Waals surface area contributed by atoms with Crippen LogP contribution in [-0.4, -0.2) is 9.78 Å². The lowest BCUT2D eigenvalue weighted by atomic mass is 9.87. The summed E-state index contributed by atoms with van der Waals surface area (Å²) in [6.07, 6.45) is 3.10. The summed E-state index contributed by atoms with van der Waals surface area (Å²) in [5.41, 5.74) is 2.46. The van der Waals surface area contributed by atoms with E-state index in [9.17, 15) is 0 Å². The molecule has 1 aromatic heterocycles. The number of hydrogen-bond acceptors (Lipinski definition) is 2. The number of aromatic nitrogens is 2. The first kappa shape index (κ1) is 15.6. The van der Waals surface area contributed by atoms with Crippen molar-refractivity contribution in [3.8, 4) is 5.75 Å². The molecule has 0 aliphatic carbocycles. The van der Waals surface area contributed by atoms with E-state index in [1.807, 2.05) is 29.1 Å². The third-order valence-electron chi connectivity index (χ3n) is 3.81. The molecule has 2 aromatic rings. The number of nitrogens with zero attached hydrogens (tertiary/aromatic N) is 2. The average Bonchev–Trinajstić information content (AvgIpc) is 2.92. The Morgan fingerprint density at radius 3 is 2.38 bits per heavy atom. The van der Waals surface area contributed by atoms with Crippen LogP contribution < -0.4 is 4.74 Å². The van der Waals surface area contributed by atoms with Gasteiger partial charge in [-0.3, -0.25) is 4.68 Å². The summed E-state index contributed by atoms with van der Waals surface area (Å²) in [5, 5.41) is 4.54. The van der Waals surface area contributed by atoms with Crippen LogP contribution in [0, 0.1) is 0 Å². The van der Waals surface area contributed by atoms with Gasteiger partial charge in [0.1, 0.15) is 12.4 Å². The lowest BCUT2D eigenvalue weighted by Crippen LogP contribution is -2.10. The molecule has 0 spiro atoms. The summed E-state index contributed by atoms with van der Waals surface area (Å²) in [7, 11) is 0. The lowest BCUT2D eigenvalue weighted by Gasteiger charge is -2.19. The molecule has 0 fully saturated rings. The Bertz CT molecular complexity index is 564. The van der Waals surface area contributed by atoms with E-state index in [0.29, 0.717) is 12.6 Å². The Morgan fingerprint density at radius 2 is 1.81 bits per heavy atom. The molecule has 0 aliphatic rings. The molecule has 1 unspecified atom stereocenters. The van der Waals surface area contributed by atoms with E-state index < -0.39 is 0 Å². The molecule has 0 saturated carbocycles. The molecule has 0 N–H and O–H groups in total. The molecular formula is C18H26N2O. The van der Waals surface area contributed by atoms with Gasteiger partial charge in [0, 0.05) is 12.2 Å². The van der Waals surface area contributed by atoms with Crippen LogP contribution in [0.4, 0.5) is 0 Å². The second-order valence-corrected chi connectivity index (χ2v) is 6.61. The van der Waals surface area contributed by atoms with Crippen molar-refractivity contribution < 1.29 is 4.74 Å². The molecule has 0 amide bonds. The van der Waals surface area contributed by atoms with Crippen LogP contribution in [0.15, 0.2) is 36.5 Å². The summed E-state index contributed by atoms with van der Waals surface area (Å²) in [5.74, 6) is 0.890. The number of ether oxygens (including phenoxy) is 1. The number of benzene rings is 1. The van der Waals surface area contributed by atoms with Gasteiger partial charge in [0.15, 0.2) is 0 Å². The summed E-state index contributed by atoms with van der Waals surface area (Å²) in [4.78, 5) is 0. The Balaban J connectivity index is 1.95. The molecule has 3 nitrogen and oxygen atoms in total. The first-order chi connectivity index (χ1) is 9.90. The highest BCUT2D eigenvalue weighted by atomic mass is 16.5. The summed E-state index contributed by atoms with van der Waals surface area (Å²) in [6, 6.07) is 10.8. The van der Waals surface area contributed by atoms with Crippen LogP contribution >= 0.6 is 0 Å². The molecular weight excluding hydrogens is 260 g/mol. The van der Waals surface area contributed by atoms with Crippen molar-refractivity contribution in [2.75, 3.05) is 0 Å². The molecule has 2 rings (SSSR count). The minimum atomic E-state index is 0.174. The van der Waals surface area contributed by atoms with Gasteiger partial charge < -0.3 is 4.74 Å². The van der Waals surface area contributed by atoms with Gasteiger partial charge in [-0.25, -0.2) is 0 Å². The fourth-order valence-corrected chi connectivity index (χ4v) is 2.10. The maximum Gasteiger partial charge on any atom is 0.132 e. The van der Waals surface area contributed by atoms with Crippen molar-refractivity contribution in [1.82, 2.24) is 9.78 Å². The number of rotatable bonds is 5. The SMILES string of the molecule is CCC(C)n1ccc(COc2ccc(C(C)(C)C)cc2)n1. The van der Waals surface area contributed by atoms with Gasteiger partial charge in [-0.1, -0.05) is 39.8 Å². The van der Waals surface area contributed by atoms with Gasteiger partial charge in [-0.05, 0) is 42.5 Å². The van der Waals surface area contributed by atoms with Crippen LogP contribution in [-0.2, 0) is 12.0 Å². The zero-order valence-electron chi connectivity index (χ0n) is 13.8. The van der Waals surface area contributed by atoms with Crippen molar-refractivity contribution in [1.29, 1.82) is 0 Å². The van der Waals surface area contributed by atoms with Gasteiger partial charge in [0.25, 0.3) is 0 Å². The Morgan fingerprint density at radius 1 is 1.14 bits per heavy atom. The first-order valence-electron chi connectivity index (χ1n) is 7.67. The fourth-order valence-electron chi connectivity index (χ4n) is 2.10. The van der Waals surface area contributed by atoms with E-state index in [0.717, 1.165) is 17.9 Å². The van der Waals surface area contributed by atoms with Gasteiger partial charge in [-0.2, -0.15) is 5.10 Å². The standard InChI is InChI=1S/C18H26N2O/c1-6-14(2)20-12-11-16(19-20)13-21-17-9-7-15(8-10-17)18(3,4)5/h7-12,14H,6,13H2,1-5H3. The molecule has 0 aliphatic heterocycles. The van der Waals surface area contributed by atoms with Crippen molar-refractivity contribution in [3.05, 3.63) is 47.8 Å². The minimum Gasteiger partial charge on any atom is -0.487 e. The van der Waals surface area contributed by atoms with Gasteiger partial charge in [0.2, 0.25) is 0 Å². The minimum absolute atomic E-state index is 0.174. The van der Waals surface area contributed by atoms with Crippen LogP contribution in [0.3, 0.4) is 0 Å². The third kappa shape index (κ3) is 4.10. The van der Waals surface area contributed by atoms with Crippen molar-refractivity contribution in [3.63, 3.8) is 0 Å². The van der Waals surface area contributed by atoms with Crippen molar-refractivity contribution in [2.24, 2.45) is 0 Å². The topological polar surface area (TPSA) is 27.1 Å². The van der Waals surface area contributed by atoms with Crippen LogP contribution in [0.2, 0.25) is 0 Å². The third-order valence-corrected chi connectivity index (χ3v) is 3.81. The molecule has 1 atom stereocenters. The monoisotopic (exact) mass is 286 g/mol. The van der Waals surface area contributed by atoms with Crippen molar-refractivity contribution in [2.45, 2.75) is 59.1 Å². The number of hydrogen-bond donors (Lipinski definition) is 0. The van der Waals surface area contributed by atoms with Crippen LogP contribution in [0.25, 0.3) is 0 Å². The highest BCUT2D eigenvalue weighted by Crippen LogP contribution is 2.24. The first-order valence-corrected chi connectivity index (χ1v) is 7.67. The van der Waals surface area contributed by atoms with E-state index in [1.165, 1.54) is 5.56 Å².